The molecule has 1 fully saturated rings. The maximum Gasteiger partial charge on any atom is 0.300 e. The molecular formula is C20H24N2O3. The van der Waals surface area contributed by atoms with Crippen LogP contribution in [0.3, 0.4) is 0 Å². The average Bonchev–Trinajstić information content (AvgIpc) is 3.05. The zero-order valence-electron chi connectivity index (χ0n) is 14.6. The molecule has 0 saturated heterocycles. The van der Waals surface area contributed by atoms with E-state index >= 15 is 0 Å². The van der Waals surface area contributed by atoms with E-state index in [1.54, 1.807) is 6.07 Å². The van der Waals surface area contributed by atoms with Gasteiger partial charge in [-0.15, -0.1) is 0 Å². The van der Waals surface area contributed by atoms with Gasteiger partial charge in [-0.1, -0.05) is 37.5 Å². The van der Waals surface area contributed by atoms with Crippen LogP contribution in [0.15, 0.2) is 41.2 Å². The van der Waals surface area contributed by atoms with Crippen molar-refractivity contribution in [2.45, 2.75) is 57.8 Å². The maximum absolute atomic E-state index is 11.7. The van der Waals surface area contributed by atoms with E-state index in [2.05, 4.69) is 4.98 Å². The second-order valence-corrected chi connectivity index (χ2v) is 7.08. The van der Waals surface area contributed by atoms with E-state index in [1.807, 2.05) is 41.8 Å². The van der Waals surface area contributed by atoms with E-state index in [4.69, 9.17) is 9.47 Å². The maximum atomic E-state index is 11.7. The lowest BCUT2D eigenvalue weighted by Crippen LogP contribution is -2.42. The largest absolute Gasteiger partial charge is 0.486 e. The van der Waals surface area contributed by atoms with E-state index in [-0.39, 0.29) is 17.8 Å². The van der Waals surface area contributed by atoms with Gasteiger partial charge in [0.1, 0.15) is 11.9 Å². The molecule has 5 heteroatoms. The highest BCUT2D eigenvalue weighted by molar-refractivity contribution is 5.22. The van der Waals surface area contributed by atoms with E-state index in [0.717, 1.165) is 24.3 Å². The molecule has 1 aliphatic heterocycles. The summed E-state index contributed by atoms with van der Waals surface area (Å²) in [6, 6.07) is 11.9. The van der Waals surface area contributed by atoms with Crippen LogP contribution in [0, 0.1) is 12.8 Å². The highest BCUT2D eigenvalue weighted by Gasteiger charge is 2.38. The smallest absolute Gasteiger partial charge is 0.300 e. The van der Waals surface area contributed by atoms with Gasteiger partial charge in [0.2, 0.25) is 0 Å². The highest BCUT2D eigenvalue weighted by Crippen LogP contribution is 2.34. The van der Waals surface area contributed by atoms with E-state index in [0.29, 0.717) is 18.5 Å². The first-order valence-corrected chi connectivity index (χ1v) is 9.17. The summed E-state index contributed by atoms with van der Waals surface area (Å²) in [4.78, 5) is 15.7. The molecule has 0 bridgehead atoms. The van der Waals surface area contributed by atoms with Gasteiger partial charge in [0.25, 0.3) is 11.6 Å². The van der Waals surface area contributed by atoms with Crippen molar-refractivity contribution in [3.8, 4) is 11.8 Å². The van der Waals surface area contributed by atoms with Crippen molar-refractivity contribution in [3.63, 3.8) is 0 Å². The lowest BCUT2D eigenvalue weighted by atomic mass is 9.83. The number of rotatable bonds is 4. The van der Waals surface area contributed by atoms with Gasteiger partial charge < -0.3 is 9.47 Å². The summed E-state index contributed by atoms with van der Waals surface area (Å²) in [6.45, 7) is 2.61. The Morgan fingerprint density at radius 2 is 1.96 bits per heavy atom. The number of benzene rings is 1. The number of hydrogen-bond donors (Lipinski definition) is 0. The van der Waals surface area contributed by atoms with Crippen LogP contribution in [0.25, 0.3) is 0 Å². The number of fused-ring (bicyclic) bond motifs is 1. The Labute approximate surface area is 147 Å². The predicted octanol–water partition coefficient (Wildman–Crippen LogP) is 3.34. The predicted molar refractivity (Wildman–Crippen MR) is 95.1 cm³/mol. The topological polar surface area (TPSA) is 53.4 Å². The minimum absolute atomic E-state index is 0.0288. The fourth-order valence-electron chi connectivity index (χ4n) is 4.02. The Morgan fingerprint density at radius 3 is 2.72 bits per heavy atom. The van der Waals surface area contributed by atoms with Gasteiger partial charge in [-0.3, -0.25) is 9.36 Å². The molecular weight excluding hydrogens is 316 g/mol. The van der Waals surface area contributed by atoms with Gasteiger partial charge in [0, 0.05) is 11.8 Å². The van der Waals surface area contributed by atoms with Crippen molar-refractivity contribution in [3.05, 3.63) is 52.4 Å². The minimum Gasteiger partial charge on any atom is -0.486 e. The van der Waals surface area contributed by atoms with Crippen LogP contribution in [0.5, 0.6) is 11.8 Å². The summed E-state index contributed by atoms with van der Waals surface area (Å²) < 4.78 is 14.5. The molecule has 2 heterocycles. The standard InChI is InChI=1S/C20H24N2O3/c1-14-12-18(23)21-20-22(14)13-17(25-20)19(15-8-4-2-5-9-15)24-16-10-6-3-7-11-16/h3,6-7,10-12,15,17,19H,2,4-5,8-9,13H2,1H3. The Morgan fingerprint density at radius 1 is 1.20 bits per heavy atom. The normalized spacial score (nSPS) is 21.4. The molecule has 0 amide bonds. The number of para-hydroxylation sites is 1. The molecule has 0 radical (unpaired) electrons. The van der Waals surface area contributed by atoms with Crippen LogP contribution >= 0.6 is 0 Å². The third-order valence-corrected chi connectivity index (χ3v) is 5.31. The first-order valence-electron chi connectivity index (χ1n) is 9.17. The molecule has 1 aromatic heterocycles. The van der Waals surface area contributed by atoms with Crippen LogP contribution in [0.1, 0.15) is 37.8 Å². The summed E-state index contributed by atoms with van der Waals surface area (Å²) >= 11 is 0. The van der Waals surface area contributed by atoms with Crippen LogP contribution in [-0.4, -0.2) is 21.8 Å². The molecule has 5 nitrogen and oxygen atoms in total. The third-order valence-electron chi connectivity index (χ3n) is 5.31. The molecule has 132 valence electrons. The Hall–Kier alpha value is -2.30. The first kappa shape index (κ1) is 16.2. The quantitative estimate of drug-likeness (QED) is 0.856. The van der Waals surface area contributed by atoms with Crippen LogP contribution < -0.4 is 15.0 Å². The van der Waals surface area contributed by atoms with Crippen molar-refractivity contribution in [1.29, 1.82) is 0 Å². The molecule has 2 unspecified atom stereocenters. The van der Waals surface area contributed by atoms with E-state index in [1.165, 1.54) is 19.3 Å². The summed E-state index contributed by atoms with van der Waals surface area (Å²) in [5, 5.41) is 0. The van der Waals surface area contributed by atoms with Crippen molar-refractivity contribution in [2.75, 3.05) is 0 Å². The molecule has 0 N–H and O–H groups in total. The van der Waals surface area contributed by atoms with Gasteiger partial charge in [-0.25, -0.2) is 0 Å². The van der Waals surface area contributed by atoms with Gasteiger partial charge in [-0.2, -0.15) is 4.98 Å². The van der Waals surface area contributed by atoms with Crippen LogP contribution in [-0.2, 0) is 6.54 Å². The number of hydrogen-bond acceptors (Lipinski definition) is 4. The molecule has 1 saturated carbocycles. The number of aryl methyl sites for hydroxylation is 1. The Bertz CT molecular complexity index is 781. The zero-order valence-corrected chi connectivity index (χ0v) is 14.6. The van der Waals surface area contributed by atoms with Crippen LogP contribution in [0.2, 0.25) is 0 Å². The molecule has 2 aromatic rings. The minimum atomic E-state index is -0.248. The van der Waals surface area contributed by atoms with Crippen LogP contribution in [0.4, 0.5) is 0 Å². The van der Waals surface area contributed by atoms with Crippen molar-refractivity contribution >= 4 is 0 Å². The summed E-state index contributed by atoms with van der Waals surface area (Å²) in [6.07, 6.45) is 5.97. The zero-order chi connectivity index (χ0) is 17.2. The Balaban J connectivity index is 1.60. The number of ether oxygens (including phenoxy) is 2. The summed E-state index contributed by atoms with van der Waals surface area (Å²) in [7, 11) is 0. The molecule has 2 aliphatic rings. The van der Waals surface area contributed by atoms with Gasteiger partial charge in [0.05, 0.1) is 6.54 Å². The SMILES string of the molecule is Cc1cc(=O)nc2n1CC(C(Oc1ccccc1)C1CCCCC1)O2. The first-order chi connectivity index (χ1) is 12.2. The van der Waals surface area contributed by atoms with Crippen molar-refractivity contribution < 1.29 is 9.47 Å². The van der Waals surface area contributed by atoms with Crippen molar-refractivity contribution in [1.82, 2.24) is 9.55 Å². The van der Waals surface area contributed by atoms with E-state index < -0.39 is 0 Å². The van der Waals surface area contributed by atoms with Gasteiger partial charge in [0.15, 0.2) is 6.10 Å². The molecule has 25 heavy (non-hydrogen) atoms. The highest BCUT2D eigenvalue weighted by atomic mass is 16.6. The fourth-order valence-corrected chi connectivity index (χ4v) is 4.02. The fraction of sp³-hybridized carbons (Fsp3) is 0.500. The molecule has 2 atom stereocenters. The second-order valence-electron chi connectivity index (χ2n) is 7.08. The summed E-state index contributed by atoms with van der Waals surface area (Å²) in [5.74, 6) is 1.35. The molecule has 4 rings (SSSR count). The monoisotopic (exact) mass is 340 g/mol. The Kier molecular flexibility index (Phi) is 4.47. The molecule has 1 aliphatic carbocycles. The number of nitrogens with zero attached hydrogens (tertiary/aromatic N) is 2. The van der Waals surface area contributed by atoms with E-state index in [9.17, 15) is 4.79 Å². The van der Waals surface area contributed by atoms with Crippen molar-refractivity contribution in [2.24, 2.45) is 5.92 Å². The lowest BCUT2D eigenvalue weighted by molar-refractivity contribution is 0.0116. The summed E-state index contributed by atoms with van der Waals surface area (Å²) in [5.41, 5.74) is 0.641. The second kappa shape index (κ2) is 6.90. The molecule has 1 aromatic carbocycles. The lowest BCUT2D eigenvalue weighted by Gasteiger charge is -2.33. The van der Waals surface area contributed by atoms with Gasteiger partial charge >= 0.3 is 0 Å². The molecule has 0 spiro atoms. The third kappa shape index (κ3) is 3.41. The number of aromatic nitrogens is 2. The average molecular weight is 340 g/mol. The van der Waals surface area contributed by atoms with Gasteiger partial charge in [-0.05, 0) is 37.8 Å².